The van der Waals surface area contributed by atoms with Gasteiger partial charge in [0.2, 0.25) is 0 Å². The molecule has 0 N–H and O–H groups in total. The summed E-state index contributed by atoms with van der Waals surface area (Å²) in [5.41, 5.74) is 36.1. The zero-order valence-electron chi connectivity index (χ0n) is 78.6. The SMILES string of the molecule is Cc1cc2c3c(cccc3c1C)-c1ccccc1-2.Cc1cc2c3cccc4cccc(c5cccc(c1C)c52)c43.Cc1cc2ccc3cccc4ccc(c1C)c2c34.Cc1cc2cccc3c2c(c1C)-c1ccccc1-3.Cc1ccc2c3c(ccc(C)c13)-c1ccccc1-2.Cc1ccc2c3cccc4cccc(c5ccc(C)c1c25)c43.Cc1ccc2ccc3cccc4cc(C)c1c2c34. The lowest BCUT2D eigenvalue weighted by Crippen LogP contribution is -1.90. The molecule has 30 rings (SSSR count). The molecule has 0 heterocycles. The van der Waals surface area contributed by atoms with Crippen molar-refractivity contribution < 1.29 is 0 Å². The molecule has 0 amide bonds. The Labute approximate surface area is 783 Å². The zero-order chi connectivity index (χ0) is 91.1. The van der Waals surface area contributed by atoms with Crippen LogP contribution in [0.15, 0.2) is 364 Å². The average molecular weight is 1710 g/mol. The summed E-state index contributed by atoms with van der Waals surface area (Å²) in [6.07, 6.45) is 0. The lowest BCUT2D eigenvalue weighted by molar-refractivity contribution is 1.37. The number of hydrogen-bond donors (Lipinski definition) is 0. The number of fused-ring (bicyclic) bond motifs is 13. The number of aryl methyl sites for hydroxylation is 13. The molecule has 0 atom stereocenters. The standard InChI is InChI=1S/2C22H16.5C18H14/c1-13-12-20-19-10-4-7-15-6-3-9-17(21(15)19)18-11-5-8-16(14(13)2)22(18)20;1-13-9-11-18-16-7-3-5-15-6-4-8-17(21(15)16)19-12-10-14(2)20(13)22(18)19;1-11-10-13-6-5-9-16-14-7-3-4-8-15(14)17(12(11)2)18(13)16;1-11-10-17-15-7-4-3-6-14(15)16-9-5-8-13(12(11)2)18(16)17;1-11-10-15-7-6-13-4-3-5-14-8-9-16(12(11)2)18(15)17(13)14;1-11-6-7-14-9-8-13-4-3-5-15-10-12(2)16(11)18(14)17(13)15;1-11-7-9-15-13-5-3-4-6-14(13)16-10-8-12(2)17(11)18(15)16/h2*3-12H,1-2H3;5*3-10H,1-2H3. The molecule has 0 unspecified atom stereocenters. The summed E-state index contributed by atoms with van der Waals surface area (Å²) in [6.45, 7) is 31.0. The van der Waals surface area contributed by atoms with Crippen LogP contribution in [0.3, 0.4) is 0 Å². The molecule has 0 saturated carbocycles. The lowest BCUT2D eigenvalue weighted by Gasteiger charge is -2.16. The van der Waals surface area contributed by atoms with E-state index in [1.165, 1.54) is 328 Å². The average Bonchev–Trinajstić information content (AvgIpc) is 1.46. The van der Waals surface area contributed by atoms with Crippen LogP contribution in [0.1, 0.15) is 77.9 Å². The molecule has 0 aromatic heterocycles. The highest BCUT2D eigenvalue weighted by Gasteiger charge is 2.28. The lowest BCUT2D eigenvalue weighted by atomic mass is 9.87. The molecule has 27 aromatic carbocycles. The number of hydrogen-bond acceptors (Lipinski definition) is 0. The molecule has 3 aliphatic carbocycles. The summed E-state index contributed by atoms with van der Waals surface area (Å²) >= 11 is 0. The fourth-order valence-corrected chi connectivity index (χ4v) is 24.1. The van der Waals surface area contributed by atoms with Gasteiger partial charge in [-0.2, -0.15) is 0 Å². The Bertz CT molecular complexity index is 9400. The van der Waals surface area contributed by atoms with Crippen molar-refractivity contribution in [3.05, 3.63) is 442 Å². The van der Waals surface area contributed by atoms with Gasteiger partial charge in [0, 0.05) is 0 Å². The Kier molecular flexibility index (Phi) is 19.2. The van der Waals surface area contributed by atoms with Crippen LogP contribution in [-0.4, -0.2) is 0 Å². The molecule has 0 bridgehead atoms. The first-order chi connectivity index (χ1) is 65.3. The van der Waals surface area contributed by atoms with Crippen LogP contribution in [0.5, 0.6) is 0 Å². The van der Waals surface area contributed by atoms with Crippen LogP contribution in [0.25, 0.3) is 250 Å². The van der Waals surface area contributed by atoms with E-state index in [2.05, 4.69) is 461 Å². The van der Waals surface area contributed by atoms with Crippen molar-refractivity contribution in [2.45, 2.75) is 96.9 Å². The van der Waals surface area contributed by atoms with E-state index >= 15 is 0 Å². The van der Waals surface area contributed by atoms with Gasteiger partial charge in [-0.05, 0) is 425 Å². The first-order valence-corrected chi connectivity index (χ1v) is 47.6. The van der Waals surface area contributed by atoms with Crippen molar-refractivity contribution in [2.75, 3.05) is 0 Å². The van der Waals surface area contributed by atoms with Crippen molar-refractivity contribution in [1.29, 1.82) is 0 Å². The minimum atomic E-state index is 1.33. The highest BCUT2D eigenvalue weighted by Crippen LogP contribution is 2.54. The van der Waals surface area contributed by atoms with Crippen molar-refractivity contribution in [1.82, 2.24) is 0 Å². The van der Waals surface area contributed by atoms with E-state index in [0.29, 0.717) is 0 Å². The van der Waals surface area contributed by atoms with Gasteiger partial charge < -0.3 is 0 Å². The second-order valence-corrected chi connectivity index (χ2v) is 38.4. The van der Waals surface area contributed by atoms with E-state index in [1.54, 1.807) is 0 Å². The minimum Gasteiger partial charge on any atom is -0.0616 e. The van der Waals surface area contributed by atoms with Crippen LogP contribution >= 0.6 is 0 Å². The van der Waals surface area contributed by atoms with E-state index in [0.717, 1.165) is 0 Å². The topological polar surface area (TPSA) is 0 Å². The Morgan fingerprint density at radius 2 is 0.381 bits per heavy atom. The van der Waals surface area contributed by atoms with Gasteiger partial charge in [0.15, 0.2) is 0 Å². The second kappa shape index (κ2) is 31.6. The maximum Gasteiger partial charge on any atom is -0.00210 e. The van der Waals surface area contributed by atoms with Gasteiger partial charge in [-0.15, -0.1) is 0 Å². The van der Waals surface area contributed by atoms with E-state index in [-0.39, 0.29) is 0 Å². The highest BCUT2D eigenvalue weighted by atomic mass is 14.3. The summed E-state index contributed by atoms with van der Waals surface area (Å²) in [5.74, 6) is 0. The summed E-state index contributed by atoms with van der Waals surface area (Å²) in [6, 6.07) is 134. The van der Waals surface area contributed by atoms with Gasteiger partial charge in [0.05, 0.1) is 0 Å². The Morgan fingerprint density at radius 1 is 0.104 bits per heavy atom. The molecule has 0 heteroatoms. The molecular weight excluding hydrogens is 1610 g/mol. The van der Waals surface area contributed by atoms with Crippen molar-refractivity contribution in [3.8, 4) is 66.8 Å². The van der Waals surface area contributed by atoms with Crippen LogP contribution in [0, 0.1) is 96.9 Å². The van der Waals surface area contributed by atoms with Gasteiger partial charge in [-0.3, -0.25) is 0 Å². The summed E-state index contributed by atoms with van der Waals surface area (Å²) in [5, 5.41) is 47.2. The van der Waals surface area contributed by atoms with Crippen LogP contribution in [-0.2, 0) is 0 Å². The maximum atomic E-state index is 2.37. The molecular formula is C134H102. The molecule has 3 aliphatic rings. The smallest absolute Gasteiger partial charge is 0.00210 e. The fourth-order valence-electron chi connectivity index (χ4n) is 24.1. The number of rotatable bonds is 0. The van der Waals surface area contributed by atoms with E-state index in [1.807, 2.05) is 0 Å². The molecule has 0 saturated heterocycles. The van der Waals surface area contributed by atoms with Crippen molar-refractivity contribution in [3.63, 3.8) is 0 Å². The largest absolute Gasteiger partial charge is 0.0616 e. The monoisotopic (exact) mass is 1710 g/mol. The summed E-state index contributed by atoms with van der Waals surface area (Å²) in [7, 11) is 0. The maximum absolute atomic E-state index is 2.37. The molecule has 0 nitrogen and oxygen atoms in total. The third-order valence-corrected chi connectivity index (χ3v) is 30.9. The minimum absolute atomic E-state index is 1.33. The highest BCUT2D eigenvalue weighted by molar-refractivity contribution is 6.36. The van der Waals surface area contributed by atoms with E-state index in [4.69, 9.17) is 0 Å². The molecule has 0 fully saturated rings. The van der Waals surface area contributed by atoms with Gasteiger partial charge >= 0.3 is 0 Å². The predicted molar refractivity (Wildman–Crippen MR) is 587 cm³/mol. The Hall–Kier alpha value is -15.6. The summed E-state index contributed by atoms with van der Waals surface area (Å²) < 4.78 is 0. The van der Waals surface area contributed by atoms with Crippen LogP contribution in [0.2, 0.25) is 0 Å². The Morgan fingerprint density at radius 3 is 0.910 bits per heavy atom. The zero-order valence-corrected chi connectivity index (χ0v) is 78.6. The van der Waals surface area contributed by atoms with Crippen molar-refractivity contribution >= 4 is 183 Å². The third kappa shape index (κ3) is 12.6. The molecule has 0 radical (unpaired) electrons. The number of benzene rings is 27. The van der Waals surface area contributed by atoms with Crippen molar-refractivity contribution in [2.24, 2.45) is 0 Å². The molecule has 638 valence electrons. The second-order valence-electron chi connectivity index (χ2n) is 38.4. The van der Waals surface area contributed by atoms with E-state index in [9.17, 15) is 0 Å². The van der Waals surface area contributed by atoms with Crippen LogP contribution < -0.4 is 0 Å². The van der Waals surface area contributed by atoms with Gasteiger partial charge in [0.25, 0.3) is 0 Å². The summed E-state index contributed by atoms with van der Waals surface area (Å²) in [4.78, 5) is 0. The van der Waals surface area contributed by atoms with Crippen LogP contribution in [0.4, 0.5) is 0 Å². The molecule has 134 heavy (non-hydrogen) atoms. The predicted octanol–water partition coefficient (Wildman–Crippen LogP) is 38.4. The van der Waals surface area contributed by atoms with Gasteiger partial charge in [-0.1, -0.05) is 364 Å². The van der Waals surface area contributed by atoms with Gasteiger partial charge in [0.1, 0.15) is 0 Å². The normalized spacial score (nSPS) is 12.0. The van der Waals surface area contributed by atoms with Gasteiger partial charge in [-0.25, -0.2) is 0 Å². The quantitative estimate of drug-likeness (QED) is 0.105. The molecule has 0 aliphatic heterocycles. The molecule has 0 spiro atoms. The fraction of sp³-hybridized carbons (Fsp3) is 0.104. The first kappa shape index (κ1) is 81.6. The third-order valence-electron chi connectivity index (χ3n) is 30.9. The Balaban J connectivity index is 0.0000000860. The molecule has 27 aromatic rings. The van der Waals surface area contributed by atoms with E-state index < -0.39 is 0 Å². The first-order valence-electron chi connectivity index (χ1n) is 47.6.